The minimum Gasteiger partial charge on any atom is -0.508 e. The number of carbonyl (C=O) groups excluding carboxylic acids is 2. The van der Waals surface area contributed by atoms with Gasteiger partial charge >= 0.3 is 0 Å². The number of fused-ring (bicyclic) bond motifs is 15. The maximum Gasteiger partial charge on any atom is 0.173 e. The van der Waals surface area contributed by atoms with Gasteiger partial charge in [0.1, 0.15) is 23.4 Å². The van der Waals surface area contributed by atoms with Gasteiger partial charge in [0.15, 0.2) is 35.5 Å². The van der Waals surface area contributed by atoms with E-state index in [1.165, 1.54) is 7.11 Å². The second kappa shape index (κ2) is 28.4. The third-order valence-corrected chi connectivity index (χ3v) is 21.3. The molecule has 2 saturated carbocycles. The van der Waals surface area contributed by atoms with Crippen molar-refractivity contribution in [1.82, 2.24) is 15.6 Å². The Morgan fingerprint density at radius 1 is 0.742 bits per heavy atom. The number of aromatic hydroxyl groups is 3. The number of ketones is 2. The first-order valence-electron chi connectivity index (χ1n) is 33.4. The van der Waals surface area contributed by atoms with Gasteiger partial charge in [-0.25, -0.2) is 0 Å². The fraction of sp³-hybridized carbons (Fsp3) is 0.455. The molecule has 16 atom stereocenters. The van der Waals surface area contributed by atoms with Gasteiger partial charge in [-0.15, -0.1) is 0 Å². The number of allylic oxidation sites excluding steroid dienone is 1. The number of Topliss-reactive ketones (excluding diaryl/α,β-unsaturated/α-hetero) is 2. The minimum absolute atomic E-state index is 0.0158. The van der Waals surface area contributed by atoms with Crippen molar-refractivity contribution in [3.63, 3.8) is 0 Å². The predicted molar refractivity (Wildman–Crippen MR) is 356 cm³/mol. The molecule has 12 rings (SSSR count). The van der Waals surface area contributed by atoms with Gasteiger partial charge < -0.3 is 71.6 Å². The average molecular weight is 1260 g/mol. The standard InChI is InChI=1S/C77H88N4O12/c1-4-8-59-51-29-52-28-46-16-20-61(63-38-70(87)71(93-3)34-47(63)18-22-68(85)76(90)75(89)64(46)32-51)60-12-6-5-11-58(60)50-27-45(62(66(33-50)77(91)92)26-43-9-7-10-56(82)25-43)17-21-67(84)73(52)48-23-24-79-72(35-48)81-54-19-15-44-13-14-49(74(88)65(44)36-54)31-57(83)41-78-39-42(2)53-30-55(80-40-53)37-69(59)86/h5-7,9-15,19,23,25,30,34-36,38,40,42,45-46,50-52,57,59,61-62,64,66-67,69,73,76-84,86-88,90-92H,4,8,18,22,24,26-29,31-33,37,39,41H2,1-3H3. The number of H-pyrrole nitrogens is 1. The van der Waals surface area contributed by atoms with E-state index in [1.54, 1.807) is 30.3 Å². The number of aryl methyl sites for hydroxylation is 1. The highest BCUT2D eigenvalue weighted by atomic mass is 16.5. The lowest BCUT2D eigenvalue weighted by Gasteiger charge is -2.42. The first-order valence-corrected chi connectivity index (χ1v) is 33.4. The van der Waals surface area contributed by atoms with Crippen LogP contribution in [0.2, 0.25) is 0 Å². The number of benzene rings is 5. The van der Waals surface area contributed by atoms with E-state index in [0.717, 1.165) is 38.9 Å². The SMILES string of the molecule is CCCC1C(O)Cc2cc(c[nH]2)C(C)CNCC(O)Cc2ccc3ccc(cc3c2O)NC2=CC(=CCN2)C2C(O)C#CC3CC(CC(C(O)O)C3Cc3cccc(O)c3)c3ccccc3C3C#CC4CC2CC1CC4C(=O)C(O)C(=O)CCc1cc(OC)c(O)cc13. The molecular formula is C77H88N4O12. The van der Waals surface area contributed by atoms with Crippen LogP contribution in [0, 0.1) is 76.9 Å². The molecule has 3 heterocycles. The zero-order valence-corrected chi connectivity index (χ0v) is 53.1. The predicted octanol–water partition coefficient (Wildman–Crippen LogP) is 8.91. The third-order valence-electron chi connectivity index (χ3n) is 21.3. The Morgan fingerprint density at radius 2 is 1.55 bits per heavy atom. The Labute approximate surface area is 544 Å². The topological polar surface area (TPSA) is 277 Å². The van der Waals surface area contributed by atoms with Crippen LogP contribution in [0.4, 0.5) is 5.69 Å². The molecule has 6 aromatic rings. The highest BCUT2D eigenvalue weighted by molar-refractivity contribution is 6.06. The quantitative estimate of drug-likeness (QED) is 0.0421. The maximum atomic E-state index is 15.6. The first kappa shape index (κ1) is 65.2. The van der Waals surface area contributed by atoms with E-state index in [2.05, 4.69) is 64.5 Å². The van der Waals surface area contributed by atoms with Crippen LogP contribution in [-0.4, -0.2) is 120 Å². The summed E-state index contributed by atoms with van der Waals surface area (Å²) in [6.45, 7) is 5.32. The first-order chi connectivity index (χ1) is 44.9. The molecule has 16 heteroatoms. The Kier molecular flexibility index (Phi) is 19.9. The summed E-state index contributed by atoms with van der Waals surface area (Å²) in [5.74, 6) is 7.04. The van der Waals surface area contributed by atoms with Crippen molar-refractivity contribution in [2.75, 3.05) is 32.1 Å². The van der Waals surface area contributed by atoms with Crippen molar-refractivity contribution >= 4 is 28.0 Å². The number of β-amino-alcohol motifs (C(OH)–C–C–N with tert-alkyl or cyclic N) is 1. The fourth-order valence-corrected chi connectivity index (χ4v) is 16.6. The van der Waals surface area contributed by atoms with Gasteiger partial charge in [0, 0.05) is 91.5 Å². The number of hydrogen-bond donors (Lipinski definition) is 13. The zero-order chi connectivity index (χ0) is 65.2. The third kappa shape index (κ3) is 14.2. The number of rotatable bonds is 6. The molecule has 93 heavy (non-hydrogen) atoms. The van der Waals surface area contributed by atoms with Crippen LogP contribution in [-0.2, 0) is 35.3 Å². The second-order valence-corrected chi connectivity index (χ2v) is 27.3. The van der Waals surface area contributed by atoms with E-state index in [-0.39, 0.29) is 79.9 Å². The smallest absolute Gasteiger partial charge is 0.173 e. The number of ether oxygens (including phenoxy) is 1. The number of aliphatic hydroxyl groups is 6. The largest absolute Gasteiger partial charge is 0.508 e. The van der Waals surface area contributed by atoms with Crippen LogP contribution in [0.25, 0.3) is 10.8 Å². The van der Waals surface area contributed by atoms with Crippen LogP contribution in [0.3, 0.4) is 0 Å². The van der Waals surface area contributed by atoms with E-state index in [0.29, 0.717) is 85.2 Å². The number of phenols is 3. The summed E-state index contributed by atoms with van der Waals surface area (Å²) in [6, 6.07) is 29.7. The summed E-state index contributed by atoms with van der Waals surface area (Å²) >= 11 is 0. The Balaban J connectivity index is 1.09. The van der Waals surface area contributed by atoms with Gasteiger partial charge in [0.25, 0.3) is 0 Å². The zero-order valence-electron chi connectivity index (χ0n) is 53.1. The molecule has 0 radical (unpaired) electrons. The van der Waals surface area contributed by atoms with Crippen LogP contribution >= 0.6 is 0 Å². The average Bonchev–Trinajstić information content (AvgIpc) is 1.54. The number of hydrogen-bond acceptors (Lipinski definition) is 15. The summed E-state index contributed by atoms with van der Waals surface area (Å²) in [6.07, 6.45) is 2.47. The number of aliphatic hydroxyl groups excluding tert-OH is 5. The van der Waals surface area contributed by atoms with Crippen LogP contribution in [0.15, 0.2) is 127 Å². The number of phenolic OH excluding ortho intramolecular Hbond substituents is 3. The molecule has 2 aliphatic heterocycles. The van der Waals surface area contributed by atoms with E-state index >= 15 is 4.79 Å². The molecule has 488 valence electrons. The Hall–Kier alpha value is -7.90. The lowest BCUT2D eigenvalue weighted by Crippen LogP contribution is -2.40. The molecule has 0 amide bonds. The summed E-state index contributed by atoms with van der Waals surface area (Å²) in [5, 5.41) is 119. The highest BCUT2D eigenvalue weighted by Crippen LogP contribution is 2.51. The molecule has 0 saturated heterocycles. The second-order valence-electron chi connectivity index (χ2n) is 27.3. The molecule has 4 aliphatic carbocycles. The van der Waals surface area contributed by atoms with Gasteiger partial charge in [-0.3, -0.25) is 9.59 Å². The number of nitrogens with one attached hydrogen (secondary N) is 4. The molecule has 5 aromatic carbocycles. The van der Waals surface area contributed by atoms with E-state index in [9.17, 15) is 50.8 Å². The van der Waals surface area contributed by atoms with Crippen molar-refractivity contribution in [3.05, 3.63) is 171 Å². The number of aromatic amines is 1. The molecule has 16 unspecified atom stereocenters. The van der Waals surface area contributed by atoms with Crippen LogP contribution < -0.4 is 20.7 Å². The molecule has 0 spiro atoms. The monoisotopic (exact) mass is 1260 g/mol. The van der Waals surface area contributed by atoms with Crippen molar-refractivity contribution in [1.29, 1.82) is 0 Å². The number of methoxy groups -OCH3 is 1. The summed E-state index contributed by atoms with van der Waals surface area (Å²) < 4.78 is 5.67. The molecule has 1 aromatic heterocycles. The van der Waals surface area contributed by atoms with Gasteiger partial charge in [0.2, 0.25) is 0 Å². The van der Waals surface area contributed by atoms with Gasteiger partial charge in [-0.2, -0.15) is 0 Å². The molecule has 6 aliphatic rings. The van der Waals surface area contributed by atoms with Crippen molar-refractivity contribution < 1.29 is 60.3 Å². The lowest BCUT2D eigenvalue weighted by molar-refractivity contribution is -0.142. The van der Waals surface area contributed by atoms with Crippen molar-refractivity contribution in [2.24, 2.45) is 53.3 Å². The number of carbonyl (C=O) groups is 2. The van der Waals surface area contributed by atoms with E-state index in [4.69, 9.17) is 4.74 Å². The number of aromatic nitrogens is 1. The summed E-state index contributed by atoms with van der Waals surface area (Å²) in [7, 11) is 1.44. The Bertz CT molecular complexity index is 3920. The molecule has 13 bridgehead atoms. The summed E-state index contributed by atoms with van der Waals surface area (Å²) in [4.78, 5) is 33.7. The van der Waals surface area contributed by atoms with E-state index in [1.807, 2.05) is 79.0 Å². The van der Waals surface area contributed by atoms with Crippen LogP contribution in [0.1, 0.15) is 128 Å². The molecular weight excluding hydrogens is 1170 g/mol. The number of anilines is 1. The highest BCUT2D eigenvalue weighted by Gasteiger charge is 2.48. The normalized spacial score (nSPS) is 30.1. The van der Waals surface area contributed by atoms with Crippen molar-refractivity contribution in [2.45, 2.75) is 139 Å². The van der Waals surface area contributed by atoms with Gasteiger partial charge in [0.05, 0.1) is 25.2 Å². The lowest BCUT2D eigenvalue weighted by atomic mass is 9.63. The van der Waals surface area contributed by atoms with E-state index < -0.39 is 101 Å². The summed E-state index contributed by atoms with van der Waals surface area (Å²) in [5.41, 5.74) is 7.47. The van der Waals surface area contributed by atoms with Gasteiger partial charge in [-0.1, -0.05) is 105 Å². The molecule has 16 nitrogen and oxygen atoms in total. The molecule has 2 fully saturated rings. The fourth-order valence-electron chi connectivity index (χ4n) is 16.6. The molecule has 13 N–H and O–H groups in total. The van der Waals surface area contributed by atoms with Crippen LogP contribution in [0.5, 0.6) is 23.0 Å². The van der Waals surface area contributed by atoms with Crippen molar-refractivity contribution in [3.8, 4) is 46.7 Å². The Morgan fingerprint density at radius 3 is 2.34 bits per heavy atom. The van der Waals surface area contributed by atoms with Gasteiger partial charge in [-0.05, 0) is 185 Å². The minimum atomic E-state index is -1.99. The maximum absolute atomic E-state index is 15.6. The number of dihydropyridines is 1.